The van der Waals surface area contributed by atoms with E-state index in [1.807, 2.05) is 0 Å². The molecule has 0 aliphatic carbocycles. The molecule has 19 radical (unpaired) electrons. The normalized spacial score (nSPS) is 39.1. The van der Waals surface area contributed by atoms with Gasteiger partial charge in [-0.3, -0.25) is 0 Å². The van der Waals surface area contributed by atoms with E-state index >= 15 is 0 Å². The Morgan fingerprint density at radius 1 is 0.226 bits per heavy atom. The zero-order valence-electron chi connectivity index (χ0n) is 50.4. The largest absolute Gasteiger partial charge is 0.394 e. The van der Waals surface area contributed by atoms with Crippen molar-refractivity contribution >= 4 is 0 Å². The first-order valence-electron chi connectivity index (χ1n) is 23.4. The molecule has 0 aromatic heterocycles. The Bertz CT molecular complexity index is 1600. The number of aliphatic hydroxyl groups is 20. The molecule has 0 aromatic rings. The van der Waals surface area contributed by atoms with Crippen molar-refractivity contribution < 1.29 is 996 Å². The molecule has 12 unspecified atom stereocenters. The zero-order valence-corrected chi connectivity index (χ0v) is 141. The van der Waals surface area contributed by atoms with Crippen LogP contribution < -0.4 is 0 Å². The average molecular weight is 5400 g/mol. The minimum atomic E-state index is -1.89. The monoisotopic (exact) mass is 5400 g/mol. The second-order valence-corrected chi connectivity index (χ2v) is 17.9. The van der Waals surface area contributed by atoms with E-state index in [0.717, 1.165) is 0 Å². The molecule has 6 heterocycles. The van der Waals surface area contributed by atoms with Gasteiger partial charge >= 0.3 is 0 Å². The van der Waals surface area contributed by atoms with E-state index in [1.165, 1.54) is 12.2 Å². The molecule has 0 spiro atoms. The molecule has 32 nitrogen and oxygen atoms in total. The summed E-state index contributed by atoms with van der Waals surface area (Å²) >= 11 is 0. The first kappa shape index (κ1) is 153. The predicted molar refractivity (Wildman–Crippen MR) is 230 cm³/mol. The smallest absolute Gasteiger partial charge is 0.187 e. The van der Waals surface area contributed by atoms with E-state index in [-0.39, 0.29) is 850 Å². The van der Waals surface area contributed by atoms with Gasteiger partial charge in [0.05, 0.1) is 52.9 Å². The van der Waals surface area contributed by atoms with Gasteiger partial charge in [0.2, 0.25) is 0 Å². The van der Waals surface area contributed by atoms with Crippen molar-refractivity contribution in [3.63, 3.8) is 0 Å². The molecule has 6 aliphatic heterocycles. The third-order valence-electron chi connectivity index (χ3n) is 12.9. The first-order valence-corrected chi connectivity index (χ1v) is 23.4. The topological polar surface area (TPSA) is 515 Å². The van der Waals surface area contributed by atoms with Gasteiger partial charge < -0.3 is 159 Å². The van der Waals surface area contributed by atoms with E-state index in [0.29, 0.717) is 0 Å². The summed E-state index contributed by atoms with van der Waals surface area (Å²) in [7, 11) is 0. The summed E-state index contributed by atoms with van der Waals surface area (Å²) in [6.45, 7) is 2.39. The summed E-state index contributed by atoms with van der Waals surface area (Å²) < 4.78 is 64.8. The van der Waals surface area contributed by atoms with Crippen LogP contribution in [0.1, 0.15) is 0 Å². The summed E-state index contributed by atoms with van der Waals surface area (Å²) in [5.41, 5.74) is 0. The third-order valence-corrected chi connectivity index (χ3v) is 12.9. The van der Waals surface area contributed by atoms with Crippen molar-refractivity contribution in [1.29, 1.82) is 0 Å². The quantitative estimate of drug-likeness (QED) is 0.0503. The number of aliphatic hydroxyl groups excluding tert-OH is 20. The van der Waals surface area contributed by atoms with Crippen molar-refractivity contribution in [1.82, 2.24) is 0 Å². The second-order valence-electron chi connectivity index (χ2n) is 17.9. The standard InChI is InChI=1S/2C21H36O16.19Ac/c2*1-2-3-32-19-15(30)12(27)17(8(5-23)34-19)37-21-16(31)13(28)18(9(6-24)35-21)36-20-14(29)11(26)10(25)7(4-22)33-20;;;;;;;;;;;;;;;;;;;/h2*2,7-31H,1,3-6H2;;;;;;;;;;;;;;;;;;;/t7?,8?,9?,10-,11+,12-,13-,14?,15?,16?,17-,18+,19-,20-,21+;7?,8?,9?,10-,11-,12-,13+,14?,15?,16?,17-,18+,19-,20-,21+;;;;;;;;;;;;;;;;;;;/m11.................../s1. The van der Waals surface area contributed by atoms with Crippen LogP contribution in [0.4, 0.5) is 0 Å². The van der Waals surface area contributed by atoms with E-state index in [9.17, 15) is 102 Å². The van der Waals surface area contributed by atoms with Gasteiger partial charge in [-0.1, -0.05) is 12.2 Å². The number of rotatable bonds is 20. The predicted octanol–water partition coefficient (Wildman–Crippen LogP) is -12.7. The van der Waals surface area contributed by atoms with Crippen molar-refractivity contribution in [2.45, 2.75) is 184 Å². The van der Waals surface area contributed by atoms with Crippen LogP contribution in [0.2, 0.25) is 0 Å². The van der Waals surface area contributed by atoms with Gasteiger partial charge in [-0.15, -0.1) is 13.2 Å². The maximum atomic E-state index is 10.7. The molecule has 0 aromatic carbocycles. The molecule has 30 atom stereocenters. The van der Waals surface area contributed by atoms with Gasteiger partial charge in [-0.25, -0.2) is 0 Å². The SMILES string of the molecule is C=CCO[C@@H]1OC(CO)[C@@H](O[C@@H]2OC(CO)[C@H](O[C@H]3OC(CO)[C@@H](O)[C@@H](O)C3O)[C@@H](O)C2O)[C@H](O)C1O.C=CCO[C@@H]1OC(CO)[C@@H](O[C@@H]2OC(CO)[C@H](O[C@H]3OC(CO)[C@@H](O)[C@H](O)C3O)[C@H](O)C2O)[C@H](O)C1O.[Ac].[Ac].[Ac].[Ac].[Ac].[Ac].[Ac].[Ac].[Ac].[Ac].[Ac].[Ac].[Ac].[Ac].[Ac].[Ac].[Ac].[Ac].[Ac]. The van der Waals surface area contributed by atoms with Crippen LogP contribution in [-0.4, -0.2) is 339 Å². The fraction of sp³-hybridized carbons (Fsp3) is 0.905. The van der Waals surface area contributed by atoms with Crippen LogP contribution in [0.5, 0.6) is 0 Å². The molecule has 0 bridgehead atoms. The fourth-order valence-corrected chi connectivity index (χ4v) is 8.69. The van der Waals surface area contributed by atoms with Gasteiger partial charge in [0.25, 0.3) is 0 Å². The molecule has 20 N–H and O–H groups in total. The Labute approximate surface area is 1220 Å². The molecule has 489 valence electrons. The van der Waals surface area contributed by atoms with E-state index in [1.54, 1.807) is 0 Å². The minimum absolute atomic E-state index is 0. The van der Waals surface area contributed by atoms with Crippen LogP contribution in [0.25, 0.3) is 0 Å². The van der Waals surface area contributed by atoms with E-state index in [4.69, 9.17) is 56.8 Å². The van der Waals surface area contributed by atoms with E-state index in [2.05, 4.69) is 13.2 Å². The average Bonchev–Trinajstić information content (AvgIpc) is 3.40. The Kier molecular flexibility index (Phi) is 139. The zero-order chi connectivity index (χ0) is 54.9. The number of hydrogen-bond donors (Lipinski definition) is 20. The molecule has 0 saturated carbocycles. The van der Waals surface area contributed by atoms with Gasteiger partial charge in [0.1, 0.15) is 146 Å². The summed E-state index contributed by atoms with van der Waals surface area (Å²) in [6.07, 6.45) is -45.5. The molecule has 51 heteroatoms. The Morgan fingerprint density at radius 3 is 0.570 bits per heavy atom. The minimum Gasteiger partial charge on any atom is -0.394 e. The number of ether oxygens (including phenoxy) is 12. The molecule has 6 rings (SSSR count). The van der Waals surface area contributed by atoms with Gasteiger partial charge in [0, 0.05) is 837 Å². The molecule has 6 saturated heterocycles. The van der Waals surface area contributed by atoms with Crippen LogP contribution in [-0.2, 0) is 56.8 Å². The van der Waals surface area contributed by atoms with Gasteiger partial charge in [0.15, 0.2) is 37.7 Å². The van der Waals surface area contributed by atoms with Gasteiger partial charge in [-0.2, -0.15) is 0 Å². The maximum Gasteiger partial charge on any atom is 0.187 e. The van der Waals surface area contributed by atoms with Crippen molar-refractivity contribution in [2.75, 3.05) is 52.9 Å². The van der Waals surface area contributed by atoms with Crippen LogP contribution in [0.15, 0.2) is 25.3 Å². The maximum absolute atomic E-state index is 10.7. The number of hydrogen-bond acceptors (Lipinski definition) is 32. The summed E-state index contributed by atoms with van der Waals surface area (Å²) in [4.78, 5) is 0. The van der Waals surface area contributed by atoms with Crippen LogP contribution in [0.3, 0.4) is 0 Å². The van der Waals surface area contributed by atoms with E-state index < -0.39 is 224 Å². The molecule has 93 heavy (non-hydrogen) atoms. The molecular weight excluding hydrogens is 5330 g/mol. The fourth-order valence-electron chi connectivity index (χ4n) is 8.69. The third kappa shape index (κ3) is 47.6. The van der Waals surface area contributed by atoms with Crippen molar-refractivity contribution in [2.24, 2.45) is 0 Å². The molecule has 0 amide bonds. The Morgan fingerprint density at radius 2 is 0.387 bits per heavy atom. The second kappa shape index (κ2) is 84.4. The summed E-state index contributed by atoms with van der Waals surface area (Å²) in [5, 5.41) is 202. The van der Waals surface area contributed by atoms with Gasteiger partial charge in [-0.05, 0) is 0 Å². The Balaban J connectivity index is -0.0000000836. The van der Waals surface area contributed by atoms with Crippen molar-refractivity contribution in [3.8, 4) is 0 Å². The Hall–Kier alpha value is 25.6. The summed E-state index contributed by atoms with van der Waals surface area (Å²) in [6, 6.07) is 0. The van der Waals surface area contributed by atoms with Crippen LogP contribution in [0, 0.1) is 837 Å². The van der Waals surface area contributed by atoms with Crippen LogP contribution >= 0.6 is 0 Å². The molecule has 6 aliphatic rings. The van der Waals surface area contributed by atoms with Crippen molar-refractivity contribution in [3.05, 3.63) is 25.3 Å². The summed E-state index contributed by atoms with van der Waals surface area (Å²) in [5.74, 6) is 0. The molecule has 6 fully saturated rings. The first-order chi connectivity index (χ1) is 35.2. The molecular formula is C42H72Ac19O32.